The molecule has 0 aromatic carbocycles. The van der Waals surface area contributed by atoms with E-state index >= 15 is 0 Å². The lowest BCUT2D eigenvalue weighted by atomic mass is 9.72. The summed E-state index contributed by atoms with van der Waals surface area (Å²) in [6.07, 6.45) is 0.206. The highest BCUT2D eigenvalue weighted by Crippen LogP contribution is 2.41. The van der Waals surface area contributed by atoms with Crippen molar-refractivity contribution in [2.24, 2.45) is 5.41 Å². The monoisotopic (exact) mass is 568 g/mol. The maximum absolute atomic E-state index is 14.8. The molecule has 2 rings (SSSR count). The number of ether oxygens (including phenoxy) is 2. The number of piperidine rings is 1. The highest BCUT2D eigenvalue weighted by molar-refractivity contribution is 14.1. The summed E-state index contributed by atoms with van der Waals surface area (Å²) in [5.74, 6) is -0.915. The molecule has 174 valence electrons. The van der Waals surface area contributed by atoms with Crippen molar-refractivity contribution in [1.82, 2.24) is 9.88 Å². The summed E-state index contributed by atoms with van der Waals surface area (Å²) in [5.41, 5.74) is -2.24. The van der Waals surface area contributed by atoms with Crippen LogP contribution in [0.15, 0.2) is 6.07 Å². The van der Waals surface area contributed by atoms with Gasteiger partial charge in [0.1, 0.15) is 16.4 Å². The van der Waals surface area contributed by atoms with Crippen LogP contribution in [0.2, 0.25) is 5.15 Å². The molecule has 1 saturated heterocycles. The van der Waals surface area contributed by atoms with Crippen molar-refractivity contribution < 1.29 is 23.5 Å². The summed E-state index contributed by atoms with van der Waals surface area (Å²) in [5, 5.41) is 0.166. The lowest BCUT2D eigenvalue weighted by Crippen LogP contribution is -2.54. The molecule has 6 nitrogen and oxygen atoms in total. The van der Waals surface area contributed by atoms with Gasteiger partial charge in [-0.05, 0) is 90.0 Å². The van der Waals surface area contributed by atoms with E-state index in [2.05, 4.69) is 4.98 Å². The molecule has 1 aromatic rings. The number of halogens is 3. The number of likely N-dealkylation sites (tertiary alicyclic amines) is 1. The average Bonchev–Trinajstić information content (AvgIpc) is 2.56. The van der Waals surface area contributed by atoms with E-state index in [4.69, 9.17) is 21.1 Å². The molecule has 1 aliphatic heterocycles. The highest BCUT2D eigenvalue weighted by atomic mass is 127. The third kappa shape index (κ3) is 6.91. The Hall–Kier alpha value is -1.16. The molecule has 1 amide bonds. The minimum absolute atomic E-state index is 0.0385. The first-order valence-corrected chi connectivity index (χ1v) is 11.7. The van der Waals surface area contributed by atoms with Crippen molar-refractivity contribution in [3.05, 3.63) is 26.3 Å². The van der Waals surface area contributed by atoms with E-state index in [1.165, 1.54) is 6.07 Å². The number of carbonyl (C=O) groups is 2. The van der Waals surface area contributed by atoms with E-state index in [-0.39, 0.29) is 29.9 Å². The van der Waals surface area contributed by atoms with Crippen molar-refractivity contribution in [2.75, 3.05) is 6.54 Å². The van der Waals surface area contributed by atoms with Gasteiger partial charge in [0.2, 0.25) is 0 Å². The van der Waals surface area contributed by atoms with Crippen LogP contribution >= 0.6 is 34.2 Å². The molecular weight excluding hydrogens is 538 g/mol. The SMILES string of the molecule is C[C@@H]1C[C@](Cc2nc(Cl)cc(I)c2F)(C(=O)OC(C)(C)C)CCN1C(=O)OC(C)(C)C. The van der Waals surface area contributed by atoms with Gasteiger partial charge in [-0.3, -0.25) is 4.79 Å². The largest absolute Gasteiger partial charge is 0.460 e. The van der Waals surface area contributed by atoms with Crippen molar-refractivity contribution in [1.29, 1.82) is 0 Å². The third-order valence-corrected chi connectivity index (χ3v) is 5.94. The number of hydrogen-bond donors (Lipinski definition) is 0. The van der Waals surface area contributed by atoms with Crippen LogP contribution < -0.4 is 0 Å². The number of hydrogen-bond acceptors (Lipinski definition) is 5. The van der Waals surface area contributed by atoms with Crippen LogP contribution in [-0.4, -0.2) is 45.7 Å². The van der Waals surface area contributed by atoms with Gasteiger partial charge in [-0.15, -0.1) is 0 Å². The van der Waals surface area contributed by atoms with Crippen molar-refractivity contribution in [3.63, 3.8) is 0 Å². The zero-order valence-corrected chi connectivity index (χ0v) is 22.1. The van der Waals surface area contributed by atoms with Gasteiger partial charge < -0.3 is 14.4 Å². The standard InChI is InChI=1S/C22H31ClFIN2O4/c1-13-11-22(18(28)30-20(2,3)4,8-9-27(13)19(29)31-21(5,6)7)12-15-17(24)14(25)10-16(23)26-15/h10,13H,8-9,11-12H2,1-7H3/t13-,22-/m1/s1. The Bertz CT molecular complexity index is 853. The summed E-state index contributed by atoms with van der Waals surface area (Å²) in [6, 6.07) is 1.13. The summed E-state index contributed by atoms with van der Waals surface area (Å²) in [6.45, 7) is 12.9. The fourth-order valence-corrected chi connectivity index (χ4v) is 4.68. The van der Waals surface area contributed by atoms with Gasteiger partial charge in [-0.1, -0.05) is 11.6 Å². The van der Waals surface area contributed by atoms with Gasteiger partial charge in [0.05, 0.1) is 14.7 Å². The number of rotatable bonds is 3. The van der Waals surface area contributed by atoms with Crippen LogP contribution in [0.4, 0.5) is 9.18 Å². The van der Waals surface area contributed by atoms with Gasteiger partial charge in [-0.25, -0.2) is 14.2 Å². The van der Waals surface area contributed by atoms with Crippen molar-refractivity contribution >= 4 is 46.3 Å². The summed E-state index contributed by atoms with van der Waals surface area (Å²) >= 11 is 7.92. The van der Waals surface area contributed by atoms with Gasteiger partial charge in [-0.2, -0.15) is 0 Å². The Morgan fingerprint density at radius 1 is 1.26 bits per heavy atom. The average molecular weight is 569 g/mol. The Labute approximate surface area is 202 Å². The first-order valence-electron chi connectivity index (χ1n) is 10.3. The molecule has 2 heterocycles. The number of carbonyl (C=O) groups excluding carboxylic acids is 2. The van der Waals surface area contributed by atoms with E-state index < -0.39 is 34.5 Å². The molecule has 0 saturated carbocycles. The van der Waals surface area contributed by atoms with Crippen LogP contribution in [-0.2, 0) is 20.7 Å². The Morgan fingerprint density at radius 2 is 1.84 bits per heavy atom. The molecule has 1 aromatic heterocycles. The Morgan fingerprint density at radius 3 is 2.35 bits per heavy atom. The Balaban J connectivity index is 2.37. The van der Waals surface area contributed by atoms with Crippen LogP contribution in [0, 0.1) is 14.8 Å². The summed E-state index contributed by atoms with van der Waals surface area (Å²) in [7, 11) is 0. The van der Waals surface area contributed by atoms with Gasteiger partial charge in [0.25, 0.3) is 0 Å². The second kappa shape index (κ2) is 9.37. The maximum atomic E-state index is 14.8. The van der Waals surface area contributed by atoms with Crippen LogP contribution in [0.3, 0.4) is 0 Å². The summed E-state index contributed by atoms with van der Waals surface area (Å²) < 4.78 is 26.4. The number of aromatic nitrogens is 1. The molecule has 9 heteroatoms. The Kier molecular flexibility index (Phi) is 7.89. The number of nitrogens with zero attached hydrogens (tertiary/aromatic N) is 2. The molecule has 0 bridgehead atoms. The van der Waals surface area contributed by atoms with E-state index in [1.54, 1.807) is 46.4 Å². The van der Waals surface area contributed by atoms with Crippen LogP contribution in [0.1, 0.15) is 67.0 Å². The molecule has 2 atom stereocenters. The predicted molar refractivity (Wildman–Crippen MR) is 126 cm³/mol. The van der Waals surface area contributed by atoms with E-state index in [9.17, 15) is 14.0 Å². The molecule has 1 fully saturated rings. The highest BCUT2D eigenvalue weighted by Gasteiger charge is 2.49. The first kappa shape index (κ1) is 26.1. The number of amides is 1. The summed E-state index contributed by atoms with van der Waals surface area (Å²) in [4.78, 5) is 31.7. The molecular formula is C22H31ClFIN2O4. The fraction of sp³-hybridized carbons (Fsp3) is 0.682. The molecule has 0 aliphatic carbocycles. The molecule has 0 radical (unpaired) electrons. The van der Waals surface area contributed by atoms with Crippen LogP contribution in [0.25, 0.3) is 0 Å². The minimum atomic E-state index is -1.03. The van der Waals surface area contributed by atoms with Crippen molar-refractivity contribution in [2.45, 2.75) is 85.0 Å². The number of pyridine rings is 1. The van der Waals surface area contributed by atoms with E-state index in [0.717, 1.165) is 0 Å². The lowest BCUT2D eigenvalue weighted by Gasteiger charge is -2.44. The van der Waals surface area contributed by atoms with Gasteiger partial charge in [0, 0.05) is 19.0 Å². The number of esters is 1. The van der Waals surface area contributed by atoms with E-state index in [1.807, 2.05) is 29.5 Å². The molecule has 0 unspecified atom stereocenters. The fourth-order valence-electron chi connectivity index (χ4n) is 3.68. The first-order chi connectivity index (χ1) is 14.0. The van der Waals surface area contributed by atoms with Crippen molar-refractivity contribution in [3.8, 4) is 0 Å². The zero-order chi connectivity index (χ0) is 23.8. The second-order valence-electron chi connectivity index (χ2n) is 10.1. The van der Waals surface area contributed by atoms with E-state index in [0.29, 0.717) is 16.4 Å². The minimum Gasteiger partial charge on any atom is -0.460 e. The van der Waals surface area contributed by atoms with Crippen LogP contribution in [0.5, 0.6) is 0 Å². The second-order valence-corrected chi connectivity index (χ2v) is 11.7. The molecule has 0 N–H and O–H groups in total. The quantitative estimate of drug-likeness (QED) is 0.263. The molecule has 31 heavy (non-hydrogen) atoms. The molecule has 1 aliphatic rings. The smallest absolute Gasteiger partial charge is 0.410 e. The molecule has 0 spiro atoms. The normalized spacial score (nSPS) is 22.3. The third-order valence-electron chi connectivity index (χ3n) is 4.97. The maximum Gasteiger partial charge on any atom is 0.410 e. The zero-order valence-electron chi connectivity index (χ0n) is 19.1. The van der Waals surface area contributed by atoms with Gasteiger partial charge >= 0.3 is 12.1 Å². The lowest BCUT2D eigenvalue weighted by molar-refractivity contribution is -0.172. The topological polar surface area (TPSA) is 68.7 Å². The predicted octanol–water partition coefficient (Wildman–Crippen LogP) is 5.77. The van der Waals surface area contributed by atoms with Gasteiger partial charge in [0.15, 0.2) is 5.82 Å².